The second-order valence-electron chi connectivity index (χ2n) is 3.71. The van der Waals surface area contributed by atoms with Gasteiger partial charge in [-0.05, 0) is 36.2 Å². The van der Waals surface area contributed by atoms with Crippen LogP contribution in [0, 0.1) is 6.92 Å². The van der Waals surface area contributed by atoms with E-state index in [4.69, 9.17) is 17.3 Å². The summed E-state index contributed by atoms with van der Waals surface area (Å²) in [6.45, 7) is 1.96. The van der Waals surface area contributed by atoms with Crippen molar-refractivity contribution < 1.29 is 0 Å². The van der Waals surface area contributed by atoms with Crippen LogP contribution < -0.4 is 5.73 Å². The van der Waals surface area contributed by atoms with Crippen LogP contribution in [0.5, 0.6) is 0 Å². The molecule has 0 aliphatic rings. The summed E-state index contributed by atoms with van der Waals surface area (Å²) >= 11 is 5.94. The van der Waals surface area contributed by atoms with Crippen LogP contribution in [0.15, 0.2) is 42.6 Å². The highest BCUT2D eigenvalue weighted by atomic mass is 35.5. The van der Waals surface area contributed by atoms with E-state index in [0.29, 0.717) is 5.02 Å². The molecule has 3 heteroatoms. The second kappa shape index (κ2) is 4.64. The van der Waals surface area contributed by atoms with Crippen molar-refractivity contribution in [1.29, 1.82) is 0 Å². The zero-order valence-corrected chi connectivity index (χ0v) is 9.78. The Hall–Kier alpha value is -1.38. The first-order valence-corrected chi connectivity index (χ1v) is 5.49. The molecule has 0 saturated carbocycles. The second-order valence-corrected chi connectivity index (χ2v) is 4.15. The fourth-order valence-electron chi connectivity index (χ4n) is 1.70. The zero-order chi connectivity index (χ0) is 11.5. The van der Waals surface area contributed by atoms with Crippen molar-refractivity contribution in [3.63, 3.8) is 0 Å². The number of nitrogens with zero attached hydrogens (tertiary/aromatic N) is 1. The van der Waals surface area contributed by atoms with Gasteiger partial charge in [-0.15, -0.1) is 0 Å². The molecular weight excluding hydrogens is 220 g/mol. The van der Waals surface area contributed by atoms with Gasteiger partial charge in [-0.3, -0.25) is 4.98 Å². The minimum Gasteiger partial charge on any atom is -0.320 e. The topological polar surface area (TPSA) is 38.9 Å². The van der Waals surface area contributed by atoms with Crippen LogP contribution in [0.25, 0.3) is 0 Å². The zero-order valence-electron chi connectivity index (χ0n) is 9.02. The van der Waals surface area contributed by atoms with Crippen molar-refractivity contribution >= 4 is 11.6 Å². The van der Waals surface area contributed by atoms with E-state index in [2.05, 4.69) is 4.98 Å². The summed E-state index contributed by atoms with van der Waals surface area (Å²) in [5, 5.41) is 0.703. The van der Waals surface area contributed by atoms with Crippen molar-refractivity contribution in [3.8, 4) is 0 Å². The summed E-state index contributed by atoms with van der Waals surface area (Å²) in [4.78, 5) is 4.24. The van der Waals surface area contributed by atoms with Gasteiger partial charge in [0.2, 0.25) is 0 Å². The molecule has 0 fully saturated rings. The lowest BCUT2D eigenvalue weighted by molar-refractivity contribution is 0.848. The number of benzene rings is 1. The van der Waals surface area contributed by atoms with E-state index in [-0.39, 0.29) is 6.04 Å². The lowest BCUT2D eigenvalue weighted by Gasteiger charge is -2.14. The fraction of sp³-hybridized carbons (Fsp3) is 0.154. The van der Waals surface area contributed by atoms with Crippen molar-refractivity contribution in [2.75, 3.05) is 0 Å². The Morgan fingerprint density at radius 1 is 1.25 bits per heavy atom. The number of aryl methyl sites for hydroxylation is 1. The molecule has 2 aromatic rings. The third-order valence-electron chi connectivity index (χ3n) is 2.59. The smallest absolute Gasteiger partial charge is 0.0570 e. The molecule has 1 aromatic carbocycles. The lowest BCUT2D eigenvalue weighted by Crippen LogP contribution is -2.13. The highest BCUT2D eigenvalue weighted by Gasteiger charge is 2.11. The summed E-state index contributed by atoms with van der Waals surface area (Å²) in [6.07, 6.45) is 1.77. The van der Waals surface area contributed by atoms with Gasteiger partial charge in [0.25, 0.3) is 0 Å². The minimum absolute atomic E-state index is 0.174. The fourth-order valence-corrected chi connectivity index (χ4v) is 1.90. The molecule has 1 unspecified atom stereocenters. The van der Waals surface area contributed by atoms with Crippen molar-refractivity contribution in [2.45, 2.75) is 13.0 Å². The molecular formula is C13H13ClN2. The van der Waals surface area contributed by atoms with Gasteiger partial charge in [-0.2, -0.15) is 0 Å². The standard InChI is InChI=1S/C13H13ClN2/c1-9-12(6-3-7-16-9)13(15)10-4-2-5-11(14)8-10/h2-8,13H,15H2,1H3. The minimum atomic E-state index is -0.174. The van der Waals surface area contributed by atoms with Crippen LogP contribution in [0.3, 0.4) is 0 Å². The molecule has 0 bridgehead atoms. The van der Waals surface area contributed by atoms with Gasteiger partial charge in [0.15, 0.2) is 0 Å². The molecule has 82 valence electrons. The van der Waals surface area contributed by atoms with Crippen LogP contribution >= 0.6 is 11.6 Å². The Kier molecular flexibility index (Phi) is 3.22. The Balaban J connectivity index is 2.39. The maximum Gasteiger partial charge on any atom is 0.0570 e. The summed E-state index contributed by atoms with van der Waals surface area (Å²) in [7, 11) is 0. The van der Waals surface area contributed by atoms with Crippen molar-refractivity contribution in [3.05, 3.63) is 64.4 Å². The van der Waals surface area contributed by atoms with E-state index in [1.807, 2.05) is 43.3 Å². The maximum atomic E-state index is 6.19. The van der Waals surface area contributed by atoms with Gasteiger partial charge in [0, 0.05) is 16.9 Å². The van der Waals surface area contributed by atoms with Crippen LogP contribution in [-0.2, 0) is 0 Å². The Bertz CT molecular complexity index is 497. The molecule has 0 aliphatic heterocycles. The van der Waals surface area contributed by atoms with Crippen LogP contribution in [0.1, 0.15) is 22.9 Å². The van der Waals surface area contributed by atoms with E-state index in [1.54, 1.807) is 6.20 Å². The lowest BCUT2D eigenvalue weighted by atomic mass is 9.99. The van der Waals surface area contributed by atoms with E-state index < -0.39 is 0 Å². The Morgan fingerprint density at radius 3 is 2.75 bits per heavy atom. The van der Waals surface area contributed by atoms with Gasteiger partial charge in [0.05, 0.1) is 6.04 Å². The average Bonchev–Trinajstić information content (AvgIpc) is 2.29. The molecule has 2 rings (SSSR count). The molecule has 2 N–H and O–H groups in total. The number of hydrogen-bond acceptors (Lipinski definition) is 2. The molecule has 2 nitrogen and oxygen atoms in total. The predicted octanol–water partition coefficient (Wildman–Crippen LogP) is 3.09. The molecule has 0 radical (unpaired) electrons. The summed E-state index contributed by atoms with van der Waals surface area (Å²) < 4.78 is 0. The van der Waals surface area contributed by atoms with Gasteiger partial charge >= 0.3 is 0 Å². The van der Waals surface area contributed by atoms with Gasteiger partial charge in [-0.1, -0.05) is 29.8 Å². The maximum absolute atomic E-state index is 6.19. The van der Waals surface area contributed by atoms with Crippen molar-refractivity contribution in [2.24, 2.45) is 5.73 Å². The summed E-state index contributed by atoms with van der Waals surface area (Å²) in [6, 6.07) is 11.3. The largest absolute Gasteiger partial charge is 0.320 e. The first-order chi connectivity index (χ1) is 7.68. The molecule has 1 atom stereocenters. The number of halogens is 1. The van der Waals surface area contributed by atoms with E-state index in [0.717, 1.165) is 16.8 Å². The number of pyridine rings is 1. The van der Waals surface area contributed by atoms with Gasteiger partial charge < -0.3 is 5.73 Å². The number of nitrogens with two attached hydrogens (primary N) is 1. The summed E-state index contributed by atoms with van der Waals surface area (Å²) in [5.41, 5.74) is 9.18. The third kappa shape index (κ3) is 2.23. The van der Waals surface area contributed by atoms with Gasteiger partial charge in [-0.25, -0.2) is 0 Å². The normalized spacial score (nSPS) is 12.4. The van der Waals surface area contributed by atoms with E-state index in [9.17, 15) is 0 Å². The first-order valence-electron chi connectivity index (χ1n) is 5.11. The van der Waals surface area contributed by atoms with Crippen LogP contribution in [0.4, 0.5) is 0 Å². The number of aromatic nitrogens is 1. The number of hydrogen-bond donors (Lipinski definition) is 1. The van der Waals surface area contributed by atoms with Crippen LogP contribution in [-0.4, -0.2) is 4.98 Å². The molecule has 0 saturated heterocycles. The van der Waals surface area contributed by atoms with Crippen LogP contribution in [0.2, 0.25) is 5.02 Å². The molecule has 0 amide bonds. The molecule has 0 spiro atoms. The Labute approximate surface area is 100 Å². The molecule has 1 aromatic heterocycles. The highest BCUT2D eigenvalue weighted by molar-refractivity contribution is 6.30. The average molecular weight is 233 g/mol. The van der Waals surface area contributed by atoms with Crippen molar-refractivity contribution in [1.82, 2.24) is 4.98 Å². The van der Waals surface area contributed by atoms with E-state index in [1.165, 1.54) is 0 Å². The third-order valence-corrected chi connectivity index (χ3v) is 2.83. The Morgan fingerprint density at radius 2 is 2.06 bits per heavy atom. The quantitative estimate of drug-likeness (QED) is 0.864. The molecule has 0 aliphatic carbocycles. The molecule has 16 heavy (non-hydrogen) atoms. The van der Waals surface area contributed by atoms with Gasteiger partial charge in [0.1, 0.15) is 0 Å². The monoisotopic (exact) mass is 232 g/mol. The molecule has 1 heterocycles. The number of rotatable bonds is 2. The van der Waals surface area contributed by atoms with E-state index >= 15 is 0 Å². The SMILES string of the molecule is Cc1ncccc1C(N)c1cccc(Cl)c1. The predicted molar refractivity (Wildman–Crippen MR) is 66.5 cm³/mol. The summed E-state index contributed by atoms with van der Waals surface area (Å²) in [5.74, 6) is 0. The first kappa shape index (κ1) is 11.1. The highest BCUT2D eigenvalue weighted by Crippen LogP contribution is 2.23.